The zero-order chi connectivity index (χ0) is 23.4. The predicted octanol–water partition coefficient (Wildman–Crippen LogP) is 3.75. The Balaban J connectivity index is 1.50. The van der Waals surface area contributed by atoms with Gasteiger partial charge < -0.3 is 24.8 Å². The van der Waals surface area contributed by atoms with Crippen molar-refractivity contribution in [2.75, 3.05) is 38.2 Å². The molecule has 3 aromatic rings. The first-order valence-corrected chi connectivity index (χ1v) is 10.3. The van der Waals surface area contributed by atoms with Crippen molar-refractivity contribution in [2.45, 2.75) is 12.5 Å². The molecule has 1 aromatic heterocycles. The quantitative estimate of drug-likeness (QED) is 0.582. The fraction of sp³-hybridized carbons (Fsp3) is 0.304. The number of hydrogen-bond donors (Lipinski definition) is 2. The van der Waals surface area contributed by atoms with E-state index in [0.717, 1.165) is 17.5 Å². The van der Waals surface area contributed by atoms with E-state index in [0.29, 0.717) is 48.8 Å². The van der Waals surface area contributed by atoms with Crippen LogP contribution >= 0.6 is 0 Å². The number of nitrogens with zero attached hydrogens (tertiary/aromatic N) is 2. The minimum atomic E-state index is -4.78. The molecule has 1 unspecified atom stereocenters. The Hall–Kier alpha value is -3.37. The lowest BCUT2D eigenvalue weighted by molar-refractivity contribution is -0.274. The van der Waals surface area contributed by atoms with Crippen LogP contribution in [0.15, 0.2) is 54.6 Å². The first-order chi connectivity index (χ1) is 15.8. The van der Waals surface area contributed by atoms with Gasteiger partial charge in [-0.25, -0.2) is 4.98 Å². The summed E-state index contributed by atoms with van der Waals surface area (Å²) in [6.07, 6.45) is -5.80. The van der Waals surface area contributed by atoms with Gasteiger partial charge in [0.15, 0.2) is 0 Å². The number of ether oxygens (including phenoxy) is 2. The summed E-state index contributed by atoms with van der Waals surface area (Å²) in [5.41, 5.74) is 1.53. The van der Waals surface area contributed by atoms with Crippen LogP contribution in [0.3, 0.4) is 0 Å². The number of nitrogens with one attached hydrogen (secondary N) is 1. The maximum Gasteiger partial charge on any atom is 0.573 e. The molecule has 2 aromatic carbocycles. The summed E-state index contributed by atoms with van der Waals surface area (Å²) in [7, 11) is 0. The first-order valence-electron chi connectivity index (χ1n) is 10.3. The van der Waals surface area contributed by atoms with Crippen molar-refractivity contribution < 1.29 is 32.5 Å². The SMILES string of the molecule is O=C(c1cc(NCC(O)c2ccc(OC(F)(F)F)cc2)nc2ccccc12)N1CCOCC1. The molecule has 1 atom stereocenters. The van der Waals surface area contributed by atoms with Crippen molar-refractivity contribution in [1.82, 2.24) is 9.88 Å². The molecule has 7 nitrogen and oxygen atoms in total. The van der Waals surface area contributed by atoms with Gasteiger partial charge in [-0.2, -0.15) is 0 Å². The van der Waals surface area contributed by atoms with E-state index in [1.165, 1.54) is 12.1 Å². The average Bonchev–Trinajstić information content (AvgIpc) is 2.81. The van der Waals surface area contributed by atoms with Gasteiger partial charge in [-0.15, -0.1) is 13.2 Å². The van der Waals surface area contributed by atoms with Crippen molar-refractivity contribution in [3.05, 3.63) is 65.7 Å². The number of hydrogen-bond acceptors (Lipinski definition) is 6. The summed E-state index contributed by atoms with van der Waals surface area (Å²) in [4.78, 5) is 19.4. The molecule has 0 radical (unpaired) electrons. The number of morpholine rings is 1. The van der Waals surface area contributed by atoms with Crippen LogP contribution in [-0.4, -0.2) is 60.1 Å². The number of pyridine rings is 1. The zero-order valence-corrected chi connectivity index (χ0v) is 17.5. The van der Waals surface area contributed by atoms with Gasteiger partial charge in [0.2, 0.25) is 0 Å². The lowest BCUT2D eigenvalue weighted by Crippen LogP contribution is -2.40. The maximum absolute atomic E-state index is 13.1. The normalized spacial score (nSPS) is 15.3. The number of rotatable bonds is 6. The highest BCUT2D eigenvalue weighted by molar-refractivity contribution is 6.07. The summed E-state index contributed by atoms with van der Waals surface area (Å²) in [5.74, 6) is -0.0870. The van der Waals surface area contributed by atoms with Crippen LogP contribution < -0.4 is 10.1 Å². The summed E-state index contributed by atoms with van der Waals surface area (Å²) >= 11 is 0. The van der Waals surface area contributed by atoms with Gasteiger partial charge in [0.05, 0.1) is 30.4 Å². The van der Waals surface area contributed by atoms with Crippen molar-refractivity contribution in [3.8, 4) is 5.75 Å². The van der Waals surface area contributed by atoms with E-state index in [2.05, 4.69) is 15.0 Å². The van der Waals surface area contributed by atoms with Crippen LogP contribution in [0, 0.1) is 0 Å². The van der Waals surface area contributed by atoms with Gasteiger partial charge >= 0.3 is 6.36 Å². The molecule has 33 heavy (non-hydrogen) atoms. The third kappa shape index (κ3) is 5.71. The molecular formula is C23H22F3N3O4. The topological polar surface area (TPSA) is 83.9 Å². The van der Waals surface area contributed by atoms with Gasteiger partial charge in [-0.3, -0.25) is 4.79 Å². The molecule has 1 amide bonds. The van der Waals surface area contributed by atoms with E-state index in [9.17, 15) is 23.1 Å². The standard InChI is InChI=1S/C23H22F3N3O4/c24-23(25,26)33-16-7-5-15(6-8-16)20(30)14-27-21-13-18(17-3-1-2-4-19(17)28-21)22(31)29-9-11-32-12-10-29/h1-8,13,20,30H,9-12,14H2,(H,27,28). The number of aliphatic hydroxyl groups is 1. The van der Waals surface area contributed by atoms with E-state index in [1.54, 1.807) is 17.0 Å². The third-order valence-corrected chi connectivity index (χ3v) is 5.22. The lowest BCUT2D eigenvalue weighted by Gasteiger charge is -2.27. The number of anilines is 1. The number of carbonyl (C=O) groups is 1. The van der Waals surface area contributed by atoms with Crippen LogP contribution in [-0.2, 0) is 4.74 Å². The van der Waals surface area contributed by atoms with E-state index in [4.69, 9.17) is 4.74 Å². The molecule has 1 fully saturated rings. The molecular weight excluding hydrogens is 439 g/mol. The Morgan fingerprint density at radius 2 is 1.85 bits per heavy atom. The molecule has 1 saturated heterocycles. The number of aromatic nitrogens is 1. The van der Waals surface area contributed by atoms with Gasteiger partial charge in [0.1, 0.15) is 11.6 Å². The van der Waals surface area contributed by atoms with Crippen LogP contribution in [0.4, 0.5) is 19.0 Å². The van der Waals surface area contributed by atoms with Crippen LogP contribution in [0.1, 0.15) is 22.0 Å². The molecule has 2 N–H and O–H groups in total. The molecule has 1 aliphatic rings. The van der Waals surface area contributed by atoms with E-state index >= 15 is 0 Å². The largest absolute Gasteiger partial charge is 0.573 e. The van der Waals surface area contributed by atoms with Gasteiger partial charge in [0.25, 0.3) is 5.91 Å². The summed E-state index contributed by atoms with van der Waals surface area (Å²) in [5, 5.41) is 14.2. The molecule has 0 aliphatic carbocycles. The molecule has 4 rings (SSSR count). The molecule has 2 heterocycles. The number of alkyl halides is 3. The van der Waals surface area contributed by atoms with Crippen molar-refractivity contribution in [3.63, 3.8) is 0 Å². The number of aliphatic hydroxyl groups excluding tert-OH is 1. The van der Waals surface area contributed by atoms with Crippen molar-refractivity contribution in [2.24, 2.45) is 0 Å². The number of fused-ring (bicyclic) bond motifs is 1. The first kappa shape index (κ1) is 22.8. The smallest absolute Gasteiger partial charge is 0.406 e. The third-order valence-electron chi connectivity index (χ3n) is 5.22. The molecule has 10 heteroatoms. The number of halogens is 3. The summed E-state index contributed by atoms with van der Waals surface area (Å²) in [6.45, 7) is 2.02. The molecule has 174 valence electrons. The van der Waals surface area contributed by atoms with Crippen LogP contribution in [0.2, 0.25) is 0 Å². The molecule has 0 spiro atoms. The summed E-state index contributed by atoms with van der Waals surface area (Å²) < 4.78 is 46.1. The van der Waals surface area contributed by atoms with Crippen molar-refractivity contribution in [1.29, 1.82) is 0 Å². The van der Waals surface area contributed by atoms with Crippen LogP contribution in [0.25, 0.3) is 10.9 Å². The average molecular weight is 461 g/mol. The van der Waals surface area contributed by atoms with Gasteiger partial charge in [-0.05, 0) is 29.8 Å². The number of carbonyl (C=O) groups excluding carboxylic acids is 1. The number of para-hydroxylation sites is 1. The Kier molecular flexibility index (Phi) is 6.66. The summed E-state index contributed by atoms with van der Waals surface area (Å²) in [6, 6.07) is 13.9. The Morgan fingerprint density at radius 3 is 2.55 bits per heavy atom. The highest BCUT2D eigenvalue weighted by atomic mass is 19.4. The maximum atomic E-state index is 13.1. The fourth-order valence-corrected chi connectivity index (χ4v) is 3.59. The predicted molar refractivity (Wildman–Crippen MR) is 115 cm³/mol. The molecule has 0 bridgehead atoms. The van der Waals surface area contributed by atoms with Gasteiger partial charge in [-0.1, -0.05) is 30.3 Å². The fourth-order valence-electron chi connectivity index (χ4n) is 3.59. The minimum Gasteiger partial charge on any atom is -0.406 e. The number of amides is 1. The number of benzene rings is 2. The lowest BCUT2D eigenvalue weighted by atomic mass is 10.1. The van der Waals surface area contributed by atoms with E-state index in [1.807, 2.05) is 18.2 Å². The van der Waals surface area contributed by atoms with E-state index < -0.39 is 12.5 Å². The van der Waals surface area contributed by atoms with Crippen LogP contribution in [0.5, 0.6) is 5.75 Å². The zero-order valence-electron chi connectivity index (χ0n) is 17.5. The monoisotopic (exact) mass is 461 g/mol. The van der Waals surface area contributed by atoms with Crippen molar-refractivity contribution >= 4 is 22.6 Å². The Bertz CT molecular complexity index is 1120. The molecule has 1 aliphatic heterocycles. The second-order valence-electron chi connectivity index (χ2n) is 7.49. The highest BCUT2D eigenvalue weighted by Crippen LogP contribution is 2.26. The molecule has 0 saturated carbocycles. The minimum absolute atomic E-state index is 0.0377. The van der Waals surface area contributed by atoms with E-state index in [-0.39, 0.29) is 18.2 Å². The second-order valence-corrected chi connectivity index (χ2v) is 7.49. The Morgan fingerprint density at radius 1 is 1.15 bits per heavy atom. The Labute approximate surface area is 187 Å². The van der Waals surface area contributed by atoms with Gasteiger partial charge in [0, 0.05) is 25.0 Å². The second kappa shape index (κ2) is 9.63. The highest BCUT2D eigenvalue weighted by Gasteiger charge is 2.31.